The van der Waals surface area contributed by atoms with Gasteiger partial charge in [-0.2, -0.15) is 0 Å². The zero-order valence-electron chi connectivity index (χ0n) is 12.3. The van der Waals surface area contributed by atoms with Crippen molar-refractivity contribution >= 4 is 16.8 Å². The minimum Gasteiger partial charge on any atom is -0.359 e. The van der Waals surface area contributed by atoms with Crippen LogP contribution in [0.3, 0.4) is 0 Å². The van der Waals surface area contributed by atoms with Gasteiger partial charge in [-0.15, -0.1) is 0 Å². The molecule has 1 amide bonds. The Balaban J connectivity index is 1.60. The second-order valence-electron chi connectivity index (χ2n) is 5.45. The Morgan fingerprint density at radius 3 is 2.59 bits per heavy atom. The van der Waals surface area contributed by atoms with Crippen LogP contribution in [0.4, 0.5) is 4.39 Å². The minimum absolute atomic E-state index is 0.0723. The average molecular weight is 296 g/mol. The van der Waals surface area contributed by atoms with Crippen molar-refractivity contribution in [2.45, 2.75) is 19.9 Å². The number of hydrogen-bond acceptors (Lipinski definition) is 1. The molecule has 0 spiro atoms. The summed E-state index contributed by atoms with van der Waals surface area (Å²) in [5.74, 6) is -0.365. The Kier molecular flexibility index (Phi) is 3.92. The lowest BCUT2D eigenvalue weighted by atomic mass is 10.1. The second kappa shape index (κ2) is 6.02. The number of aryl methyl sites for hydroxylation is 1. The maximum atomic E-state index is 12.8. The summed E-state index contributed by atoms with van der Waals surface area (Å²) in [4.78, 5) is 15.2. The summed E-state index contributed by atoms with van der Waals surface area (Å²) < 4.78 is 12.8. The highest BCUT2D eigenvalue weighted by Gasteiger charge is 2.05. The molecular formula is C18H17FN2O. The molecule has 0 aliphatic carbocycles. The lowest BCUT2D eigenvalue weighted by Gasteiger charge is -2.06. The second-order valence-corrected chi connectivity index (χ2v) is 5.45. The predicted octanol–water partition coefficient (Wildman–Crippen LogP) is 3.47. The van der Waals surface area contributed by atoms with E-state index >= 15 is 0 Å². The van der Waals surface area contributed by atoms with Crippen LogP contribution in [-0.4, -0.2) is 10.9 Å². The maximum absolute atomic E-state index is 12.8. The molecule has 0 unspecified atom stereocenters. The van der Waals surface area contributed by atoms with Crippen molar-refractivity contribution in [1.82, 2.24) is 10.3 Å². The third-order valence-corrected chi connectivity index (χ3v) is 3.59. The molecule has 3 aromatic rings. The van der Waals surface area contributed by atoms with Crippen molar-refractivity contribution in [3.63, 3.8) is 0 Å². The SMILES string of the molecule is Cc1cc2cc(CNC(=O)Cc3ccc(F)cc3)ccc2[nH]1. The van der Waals surface area contributed by atoms with Gasteiger partial charge in [0, 0.05) is 17.8 Å². The van der Waals surface area contributed by atoms with Gasteiger partial charge < -0.3 is 10.3 Å². The quantitative estimate of drug-likeness (QED) is 0.760. The lowest BCUT2D eigenvalue weighted by Crippen LogP contribution is -2.24. The summed E-state index contributed by atoms with van der Waals surface area (Å²) in [6.45, 7) is 2.50. The van der Waals surface area contributed by atoms with Crippen LogP contribution >= 0.6 is 0 Å². The number of hydrogen-bond donors (Lipinski definition) is 2. The van der Waals surface area contributed by atoms with Gasteiger partial charge in [0.25, 0.3) is 0 Å². The Morgan fingerprint density at radius 2 is 1.82 bits per heavy atom. The van der Waals surface area contributed by atoms with Gasteiger partial charge in [-0.25, -0.2) is 4.39 Å². The number of fused-ring (bicyclic) bond motifs is 1. The zero-order valence-corrected chi connectivity index (χ0v) is 12.3. The molecule has 0 fully saturated rings. The summed E-state index contributed by atoms with van der Waals surface area (Å²) in [7, 11) is 0. The summed E-state index contributed by atoms with van der Waals surface area (Å²) in [6, 6.07) is 14.2. The number of H-pyrrole nitrogens is 1. The van der Waals surface area contributed by atoms with E-state index in [1.807, 2.05) is 19.1 Å². The van der Waals surface area contributed by atoms with Crippen LogP contribution in [0.15, 0.2) is 48.5 Å². The molecule has 3 rings (SSSR count). The molecule has 0 bridgehead atoms. The Bertz CT molecular complexity index is 806. The zero-order chi connectivity index (χ0) is 15.5. The molecule has 112 valence electrons. The van der Waals surface area contributed by atoms with Crippen molar-refractivity contribution in [3.8, 4) is 0 Å². The first kappa shape index (κ1) is 14.3. The van der Waals surface area contributed by atoms with Gasteiger partial charge in [0.1, 0.15) is 5.82 Å². The van der Waals surface area contributed by atoms with E-state index in [1.54, 1.807) is 12.1 Å². The van der Waals surface area contributed by atoms with E-state index in [0.717, 1.165) is 27.7 Å². The topological polar surface area (TPSA) is 44.9 Å². The van der Waals surface area contributed by atoms with E-state index in [-0.39, 0.29) is 18.1 Å². The van der Waals surface area contributed by atoms with E-state index in [0.29, 0.717) is 6.54 Å². The molecule has 2 N–H and O–H groups in total. The molecule has 0 saturated heterocycles. The summed E-state index contributed by atoms with van der Waals surface area (Å²) in [6.07, 6.45) is 0.256. The summed E-state index contributed by atoms with van der Waals surface area (Å²) >= 11 is 0. The van der Waals surface area contributed by atoms with Gasteiger partial charge in [0.2, 0.25) is 5.91 Å². The van der Waals surface area contributed by atoms with Crippen LogP contribution in [0.2, 0.25) is 0 Å². The standard InChI is InChI=1S/C18H17FN2O/c1-12-8-15-9-14(4-7-17(15)21-12)11-20-18(22)10-13-2-5-16(19)6-3-13/h2-9,21H,10-11H2,1H3,(H,20,22). The number of carbonyl (C=O) groups is 1. The number of benzene rings is 2. The minimum atomic E-state index is -0.292. The molecule has 0 aliphatic rings. The van der Waals surface area contributed by atoms with E-state index < -0.39 is 0 Å². The number of aromatic amines is 1. The first-order valence-electron chi connectivity index (χ1n) is 7.19. The predicted molar refractivity (Wildman–Crippen MR) is 85.0 cm³/mol. The van der Waals surface area contributed by atoms with Gasteiger partial charge in [0.15, 0.2) is 0 Å². The van der Waals surface area contributed by atoms with Crippen LogP contribution in [-0.2, 0) is 17.8 Å². The summed E-state index contributed by atoms with van der Waals surface area (Å²) in [5, 5.41) is 4.03. The van der Waals surface area contributed by atoms with Crippen molar-refractivity contribution in [1.29, 1.82) is 0 Å². The highest BCUT2D eigenvalue weighted by Crippen LogP contribution is 2.16. The van der Waals surface area contributed by atoms with Crippen LogP contribution in [0.1, 0.15) is 16.8 Å². The van der Waals surface area contributed by atoms with Crippen molar-refractivity contribution < 1.29 is 9.18 Å². The first-order valence-corrected chi connectivity index (χ1v) is 7.19. The Labute approximate surface area is 128 Å². The number of rotatable bonds is 4. The fourth-order valence-electron chi connectivity index (χ4n) is 2.49. The number of nitrogens with one attached hydrogen (secondary N) is 2. The van der Waals surface area contributed by atoms with Gasteiger partial charge in [-0.1, -0.05) is 18.2 Å². The maximum Gasteiger partial charge on any atom is 0.224 e. The molecule has 1 aromatic heterocycles. The number of aromatic nitrogens is 1. The third kappa shape index (κ3) is 3.34. The van der Waals surface area contributed by atoms with Crippen molar-refractivity contribution in [2.75, 3.05) is 0 Å². The lowest BCUT2D eigenvalue weighted by molar-refractivity contribution is -0.120. The molecule has 2 aromatic carbocycles. The molecule has 0 radical (unpaired) electrons. The number of halogens is 1. The molecule has 22 heavy (non-hydrogen) atoms. The molecule has 0 atom stereocenters. The van der Waals surface area contributed by atoms with Crippen LogP contribution < -0.4 is 5.32 Å². The van der Waals surface area contributed by atoms with Gasteiger partial charge >= 0.3 is 0 Å². The Hall–Kier alpha value is -2.62. The van der Waals surface area contributed by atoms with Gasteiger partial charge in [-0.3, -0.25) is 4.79 Å². The molecular weight excluding hydrogens is 279 g/mol. The fraction of sp³-hybridized carbons (Fsp3) is 0.167. The fourth-order valence-corrected chi connectivity index (χ4v) is 2.49. The normalized spacial score (nSPS) is 10.8. The van der Waals surface area contributed by atoms with Crippen molar-refractivity contribution in [2.24, 2.45) is 0 Å². The number of carbonyl (C=O) groups excluding carboxylic acids is 1. The van der Waals surface area contributed by atoms with E-state index in [2.05, 4.69) is 22.4 Å². The van der Waals surface area contributed by atoms with E-state index in [9.17, 15) is 9.18 Å². The molecule has 3 nitrogen and oxygen atoms in total. The van der Waals surface area contributed by atoms with Gasteiger partial charge in [0.05, 0.1) is 6.42 Å². The Morgan fingerprint density at radius 1 is 1.09 bits per heavy atom. The number of amides is 1. The highest BCUT2D eigenvalue weighted by atomic mass is 19.1. The largest absolute Gasteiger partial charge is 0.359 e. The average Bonchev–Trinajstić information content (AvgIpc) is 2.87. The monoisotopic (exact) mass is 296 g/mol. The van der Waals surface area contributed by atoms with Crippen LogP contribution in [0, 0.1) is 12.7 Å². The first-order chi connectivity index (χ1) is 10.6. The van der Waals surface area contributed by atoms with E-state index in [4.69, 9.17) is 0 Å². The molecule has 0 saturated carbocycles. The van der Waals surface area contributed by atoms with Gasteiger partial charge in [-0.05, 0) is 53.8 Å². The molecule has 4 heteroatoms. The van der Waals surface area contributed by atoms with E-state index in [1.165, 1.54) is 12.1 Å². The van der Waals surface area contributed by atoms with Crippen molar-refractivity contribution in [3.05, 3.63) is 71.2 Å². The molecule has 1 heterocycles. The molecule has 0 aliphatic heterocycles. The third-order valence-electron chi connectivity index (χ3n) is 3.59. The van der Waals surface area contributed by atoms with Crippen LogP contribution in [0.5, 0.6) is 0 Å². The highest BCUT2D eigenvalue weighted by molar-refractivity contribution is 5.81. The smallest absolute Gasteiger partial charge is 0.224 e. The van der Waals surface area contributed by atoms with Crippen LogP contribution in [0.25, 0.3) is 10.9 Å². The summed E-state index contributed by atoms with van der Waals surface area (Å²) in [5.41, 5.74) is 4.07.